The molecule has 0 bridgehead atoms. The zero-order valence-electron chi connectivity index (χ0n) is 19.3. The second-order valence-corrected chi connectivity index (χ2v) is 7.84. The molecule has 0 atom stereocenters. The van der Waals surface area contributed by atoms with Crippen molar-refractivity contribution in [3.05, 3.63) is 101 Å². The first-order chi connectivity index (χ1) is 17.6. The molecule has 3 heterocycles. The monoisotopic (exact) mass is 475 g/mol. The van der Waals surface area contributed by atoms with Crippen molar-refractivity contribution in [2.75, 3.05) is 10.6 Å². The number of nitrogens with one attached hydrogen (secondary N) is 4. The molecule has 2 aromatic carbocycles. The van der Waals surface area contributed by atoms with Gasteiger partial charge in [0.25, 0.3) is 11.8 Å². The van der Waals surface area contributed by atoms with Crippen LogP contribution in [0.5, 0.6) is 0 Å². The van der Waals surface area contributed by atoms with Crippen LogP contribution in [0, 0.1) is 11.8 Å². The number of imidazole rings is 2. The van der Waals surface area contributed by atoms with E-state index in [1.165, 1.54) is 11.8 Å². The number of hydrogen-bond donors (Lipinski definition) is 4. The van der Waals surface area contributed by atoms with Gasteiger partial charge in [0.2, 0.25) is 11.9 Å². The van der Waals surface area contributed by atoms with E-state index in [2.05, 4.69) is 54.3 Å². The van der Waals surface area contributed by atoms with Crippen molar-refractivity contribution in [3.8, 4) is 11.8 Å². The predicted octanol–water partition coefficient (Wildman–Crippen LogP) is 4.15. The van der Waals surface area contributed by atoms with Crippen LogP contribution in [0.2, 0.25) is 0 Å². The van der Waals surface area contributed by atoms with Crippen LogP contribution < -0.4 is 10.6 Å². The Labute approximate surface area is 206 Å². The van der Waals surface area contributed by atoms with Gasteiger partial charge in [0.05, 0.1) is 11.1 Å². The Kier molecular flexibility index (Phi) is 6.23. The molecule has 0 saturated heterocycles. The molecule has 0 radical (unpaired) electrons. The van der Waals surface area contributed by atoms with Crippen LogP contribution in [0.1, 0.15) is 44.6 Å². The summed E-state index contributed by atoms with van der Waals surface area (Å²) in [5.74, 6) is 5.77. The van der Waals surface area contributed by atoms with Crippen LogP contribution >= 0.6 is 0 Å². The van der Waals surface area contributed by atoms with Crippen molar-refractivity contribution in [1.29, 1.82) is 0 Å². The summed E-state index contributed by atoms with van der Waals surface area (Å²) in [6.45, 7) is 2.10. The molecule has 0 aliphatic carbocycles. The molecule has 3 aromatic heterocycles. The number of hydrogen-bond acceptors (Lipinski definition) is 5. The van der Waals surface area contributed by atoms with Gasteiger partial charge >= 0.3 is 0 Å². The van der Waals surface area contributed by atoms with Gasteiger partial charge in [-0.25, -0.2) is 15.0 Å². The van der Waals surface area contributed by atoms with Crippen molar-refractivity contribution >= 4 is 34.7 Å². The van der Waals surface area contributed by atoms with E-state index in [0.717, 1.165) is 12.0 Å². The molecule has 0 aliphatic rings. The maximum Gasteiger partial charge on any atom is 0.276 e. The Balaban J connectivity index is 1.33. The normalized spacial score (nSPS) is 10.5. The highest BCUT2D eigenvalue weighted by Gasteiger charge is 2.16. The van der Waals surface area contributed by atoms with Gasteiger partial charge in [0.15, 0.2) is 0 Å². The Morgan fingerprint density at radius 1 is 0.889 bits per heavy atom. The van der Waals surface area contributed by atoms with Crippen LogP contribution in [0.15, 0.2) is 73.1 Å². The van der Waals surface area contributed by atoms with E-state index >= 15 is 0 Å². The number of benzene rings is 2. The second-order valence-electron chi connectivity index (χ2n) is 7.84. The zero-order valence-corrected chi connectivity index (χ0v) is 19.3. The summed E-state index contributed by atoms with van der Waals surface area (Å²) in [6, 6.07) is 18.2. The number of rotatable bonds is 5. The number of aryl methyl sites for hydroxylation is 1. The first kappa shape index (κ1) is 22.6. The summed E-state index contributed by atoms with van der Waals surface area (Å²) < 4.78 is 0. The van der Waals surface area contributed by atoms with Crippen LogP contribution in [-0.2, 0) is 6.42 Å². The molecular weight excluding hydrogens is 454 g/mol. The number of amides is 2. The highest BCUT2D eigenvalue weighted by molar-refractivity contribution is 6.11. The van der Waals surface area contributed by atoms with Gasteiger partial charge in [-0.2, -0.15) is 0 Å². The van der Waals surface area contributed by atoms with Gasteiger partial charge in [-0.1, -0.05) is 37.1 Å². The lowest BCUT2D eigenvalue weighted by Crippen LogP contribution is -2.15. The van der Waals surface area contributed by atoms with Crippen molar-refractivity contribution < 1.29 is 9.59 Å². The lowest BCUT2D eigenvalue weighted by atomic mass is 10.1. The van der Waals surface area contributed by atoms with Gasteiger partial charge in [-0.05, 0) is 54.3 Å². The Morgan fingerprint density at radius 2 is 1.69 bits per heavy atom. The maximum absolute atomic E-state index is 12.8. The summed E-state index contributed by atoms with van der Waals surface area (Å²) in [7, 11) is 0. The molecule has 9 heteroatoms. The van der Waals surface area contributed by atoms with Gasteiger partial charge in [-0.3, -0.25) is 20.2 Å². The molecule has 0 spiro atoms. The highest BCUT2D eigenvalue weighted by atomic mass is 16.2. The summed E-state index contributed by atoms with van der Waals surface area (Å²) >= 11 is 0. The molecule has 0 unspecified atom stereocenters. The predicted molar refractivity (Wildman–Crippen MR) is 137 cm³/mol. The van der Waals surface area contributed by atoms with Gasteiger partial charge in [-0.15, -0.1) is 0 Å². The molecular formula is C27H21N7O2. The quantitative estimate of drug-likeness (QED) is 0.284. The van der Waals surface area contributed by atoms with Crippen molar-refractivity contribution in [2.45, 2.75) is 13.3 Å². The minimum atomic E-state index is -0.452. The fourth-order valence-electron chi connectivity index (χ4n) is 3.55. The Bertz CT molecular complexity index is 1610. The van der Waals surface area contributed by atoms with Crippen LogP contribution in [0.4, 0.5) is 11.9 Å². The third-order valence-electron chi connectivity index (χ3n) is 5.40. The third-order valence-corrected chi connectivity index (χ3v) is 5.40. The zero-order chi connectivity index (χ0) is 24.9. The van der Waals surface area contributed by atoms with Crippen molar-refractivity contribution in [2.24, 2.45) is 0 Å². The second kappa shape index (κ2) is 9.95. The van der Waals surface area contributed by atoms with Crippen LogP contribution in [-0.4, -0.2) is 36.7 Å². The van der Waals surface area contributed by atoms with Crippen molar-refractivity contribution in [3.63, 3.8) is 0 Å². The molecule has 5 aromatic rings. The van der Waals surface area contributed by atoms with Crippen LogP contribution in [0.3, 0.4) is 0 Å². The van der Waals surface area contributed by atoms with Crippen molar-refractivity contribution in [1.82, 2.24) is 24.9 Å². The molecule has 176 valence electrons. The van der Waals surface area contributed by atoms with Crippen LogP contribution in [0.25, 0.3) is 11.0 Å². The molecule has 0 fully saturated rings. The lowest BCUT2D eigenvalue weighted by Gasteiger charge is -2.02. The highest BCUT2D eigenvalue weighted by Crippen LogP contribution is 2.20. The fraction of sp³-hybridized carbons (Fsp3) is 0.0741. The minimum absolute atomic E-state index is 0.194. The standard InChI is InChI=1S/C27H21N7O2/c1-2-17-9-11-18(12-10-17)13-14-19-5-3-8-22(30-19)25(36)34-27-31-21-7-4-6-20(23(21)32-27)24(35)33-26-28-15-16-29-26/h3-12,15-16H,2H2,1H3,(H2,28,29,33,35)(H2,31,32,34,36). The van der Waals surface area contributed by atoms with E-state index in [1.807, 2.05) is 24.3 Å². The number of aromatic amines is 2. The molecule has 4 N–H and O–H groups in total. The van der Waals surface area contributed by atoms with E-state index in [4.69, 9.17) is 0 Å². The van der Waals surface area contributed by atoms with Gasteiger partial charge in [0.1, 0.15) is 16.9 Å². The average molecular weight is 476 g/mol. The smallest absolute Gasteiger partial charge is 0.276 e. The van der Waals surface area contributed by atoms with E-state index in [0.29, 0.717) is 28.2 Å². The molecule has 0 aliphatic heterocycles. The summed E-state index contributed by atoms with van der Waals surface area (Å²) in [4.78, 5) is 44.1. The van der Waals surface area contributed by atoms with E-state index in [9.17, 15) is 9.59 Å². The summed E-state index contributed by atoms with van der Waals surface area (Å²) in [5.41, 5.74) is 4.13. The molecule has 9 nitrogen and oxygen atoms in total. The fourth-order valence-corrected chi connectivity index (χ4v) is 3.55. The first-order valence-electron chi connectivity index (χ1n) is 11.3. The summed E-state index contributed by atoms with van der Waals surface area (Å²) in [6.07, 6.45) is 4.12. The SMILES string of the molecule is CCc1ccc(C#Cc2cccc(C(=O)Nc3nc4c(C(=O)Nc5ncc[nH]5)cccc4[nH]3)n2)cc1. The number of pyridine rings is 1. The van der Waals surface area contributed by atoms with Gasteiger partial charge < -0.3 is 9.97 Å². The number of aromatic nitrogens is 5. The topological polar surface area (TPSA) is 128 Å². The van der Waals surface area contributed by atoms with E-state index in [-0.39, 0.29) is 17.5 Å². The number of carbonyl (C=O) groups is 2. The first-order valence-corrected chi connectivity index (χ1v) is 11.3. The number of anilines is 2. The molecule has 36 heavy (non-hydrogen) atoms. The summed E-state index contributed by atoms with van der Waals surface area (Å²) in [5, 5.41) is 5.38. The Hall–Kier alpha value is -5.23. The molecule has 0 saturated carbocycles. The van der Waals surface area contributed by atoms with E-state index in [1.54, 1.807) is 42.6 Å². The number of H-pyrrole nitrogens is 2. The number of carbonyl (C=O) groups excluding carboxylic acids is 2. The van der Waals surface area contributed by atoms with E-state index < -0.39 is 5.91 Å². The third kappa shape index (κ3) is 4.98. The number of nitrogens with zero attached hydrogens (tertiary/aromatic N) is 3. The molecule has 2 amide bonds. The Morgan fingerprint density at radius 3 is 2.47 bits per heavy atom. The average Bonchev–Trinajstić information content (AvgIpc) is 3.57. The minimum Gasteiger partial charge on any atom is -0.331 e. The number of fused-ring (bicyclic) bond motifs is 1. The maximum atomic E-state index is 12.8. The number of para-hydroxylation sites is 1. The van der Waals surface area contributed by atoms with Gasteiger partial charge in [0, 0.05) is 18.0 Å². The molecule has 5 rings (SSSR count). The largest absolute Gasteiger partial charge is 0.331 e. The lowest BCUT2D eigenvalue weighted by molar-refractivity contribution is 0.101.